The first kappa shape index (κ1) is 27.5. The molecular formula is C25H31BrCl2N2O3. The van der Waals surface area contributed by atoms with Gasteiger partial charge in [-0.15, -0.1) is 0 Å². The van der Waals surface area contributed by atoms with Crippen molar-refractivity contribution >= 4 is 50.9 Å². The normalized spacial score (nSPS) is 11.7. The number of unbranched alkanes of at least 4 members (excludes halogenated alkanes) is 1. The maximum atomic E-state index is 13.3. The van der Waals surface area contributed by atoms with Crippen LogP contribution < -0.4 is 10.1 Å². The van der Waals surface area contributed by atoms with Crippen LogP contribution in [0, 0.1) is 13.8 Å². The predicted molar refractivity (Wildman–Crippen MR) is 138 cm³/mol. The summed E-state index contributed by atoms with van der Waals surface area (Å²) in [6.07, 6.45) is 2.33. The number of nitrogens with zero attached hydrogens (tertiary/aromatic N) is 1. The molecule has 180 valence electrons. The molecule has 0 fully saturated rings. The lowest BCUT2D eigenvalue weighted by molar-refractivity contribution is -0.143. The highest BCUT2D eigenvalue weighted by Gasteiger charge is 2.29. The Labute approximate surface area is 214 Å². The molecule has 0 saturated heterocycles. The van der Waals surface area contributed by atoms with Crippen molar-refractivity contribution in [1.82, 2.24) is 10.2 Å². The average Bonchev–Trinajstić information content (AvgIpc) is 2.78. The summed E-state index contributed by atoms with van der Waals surface area (Å²) < 4.78 is 6.84. The van der Waals surface area contributed by atoms with Crippen LogP contribution in [0.1, 0.15) is 49.8 Å². The van der Waals surface area contributed by atoms with Gasteiger partial charge in [-0.2, -0.15) is 0 Å². The summed E-state index contributed by atoms with van der Waals surface area (Å²) >= 11 is 15.8. The van der Waals surface area contributed by atoms with E-state index < -0.39 is 6.04 Å². The monoisotopic (exact) mass is 556 g/mol. The maximum absolute atomic E-state index is 13.3. The Bertz CT molecular complexity index is 961. The minimum atomic E-state index is -0.624. The number of rotatable bonds is 11. The average molecular weight is 558 g/mol. The van der Waals surface area contributed by atoms with Gasteiger partial charge in [-0.05, 0) is 67.6 Å². The second kappa shape index (κ2) is 13.2. The third kappa shape index (κ3) is 7.90. The summed E-state index contributed by atoms with van der Waals surface area (Å²) in [5.74, 6) is 0.156. The van der Waals surface area contributed by atoms with Crippen molar-refractivity contribution in [3.05, 3.63) is 61.5 Å². The lowest BCUT2D eigenvalue weighted by Gasteiger charge is -2.30. The molecular weight excluding hydrogens is 527 g/mol. The van der Waals surface area contributed by atoms with Crippen LogP contribution in [0.3, 0.4) is 0 Å². The minimum Gasteiger partial charge on any atom is -0.484 e. The zero-order valence-corrected chi connectivity index (χ0v) is 22.6. The van der Waals surface area contributed by atoms with E-state index in [1.54, 1.807) is 23.1 Å². The molecule has 8 heteroatoms. The molecule has 0 spiro atoms. The molecule has 2 aromatic carbocycles. The van der Waals surface area contributed by atoms with Gasteiger partial charge in [-0.25, -0.2) is 0 Å². The SMILES string of the molecule is CCCCNC(=O)[C@H](CC)N(Cc1ccc(Cl)c(Cl)c1)C(=O)COc1cc(C)c(Br)c(C)c1. The fourth-order valence-electron chi connectivity index (χ4n) is 3.48. The highest BCUT2D eigenvalue weighted by molar-refractivity contribution is 9.10. The van der Waals surface area contributed by atoms with Crippen molar-refractivity contribution in [1.29, 1.82) is 0 Å². The van der Waals surface area contributed by atoms with Gasteiger partial charge in [0, 0.05) is 17.6 Å². The molecule has 2 amide bonds. The van der Waals surface area contributed by atoms with E-state index in [0.717, 1.165) is 34.0 Å². The quantitative estimate of drug-likeness (QED) is 0.322. The van der Waals surface area contributed by atoms with Gasteiger partial charge in [-0.1, -0.05) is 65.5 Å². The van der Waals surface area contributed by atoms with Crippen molar-refractivity contribution in [2.24, 2.45) is 0 Å². The standard InChI is InChI=1S/C25H31BrCl2N2O3/c1-5-7-10-29-25(32)22(6-2)30(14-18-8-9-20(27)21(28)13-18)23(31)15-33-19-11-16(3)24(26)17(4)12-19/h8-9,11-13,22H,5-7,10,14-15H2,1-4H3,(H,29,32)/t22-/m0/s1. The molecule has 0 aliphatic rings. The largest absolute Gasteiger partial charge is 0.484 e. The summed E-state index contributed by atoms with van der Waals surface area (Å²) in [6, 6.07) is 8.34. The van der Waals surface area contributed by atoms with Crippen molar-refractivity contribution in [2.75, 3.05) is 13.2 Å². The smallest absolute Gasteiger partial charge is 0.261 e. The molecule has 0 aromatic heterocycles. The number of carbonyl (C=O) groups excluding carboxylic acids is 2. The zero-order chi connectivity index (χ0) is 24.5. The summed E-state index contributed by atoms with van der Waals surface area (Å²) in [5, 5.41) is 3.78. The second-order valence-electron chi connectivity index (χ2n) is 8.00. The van der Waals surface area contributed by atoms with Gasteiger partial charge in [0.15, 0.2) is 6.61 Å². The Morgan fingerprint density at radius 3 is 2.33 bits per heavy atom. The van der Waals surface area contributed by atoms with E-state index in [1.807, 2.05) is 32.9 Å². The molecule has 1 atom stereocenters. The molecule has 0 radical (unpaired) electrons. The highest BCUT2D eigenvalue weighted by atomic mass is 79.9. The zero-order valence-electron chi connectivity index (χ0n) is 19.5. The molecule has 0 unspecified atom stereocenters. The molecule has 0 heterocycles. The number of hydrogen-bond acceptors (Lipinski definition) is 3. The van der Waals surface area contributed by atoms with E-state index in [-0.39, 0.29) is 25.0 Å². The lowest BCUT2D eigenvalue weighted by Crippen LogP contribution is -2.50. The van der Waals surface area contributed by atoms with Gasteiger partial charge in [0.25, 0.3) is 5.91 Å². The molecule has 0 aliphatic carbocycles. The Hall–Kier alpha value is -1.76. The number of halogens is 3. The third-order valence-electron chi connectivity index (χ3n) is 5.32. The lowest BCUT2D eigenvalue weighted by atomic mass is 10.1. The van der Waals surface area contributed by atoms with Crippen molar-refractivity contribution in [3.63, 3.8) is 0 Å². The van der Waals surface area contributed by atoms with Gasteiger partial charge in [0.05, 0.1) is 10.0 Å². The molecule has 2 rings (SSSR count). The van der Waals surface area contributed by atoms with Crippen molar-refractivity contribution in [2.45, 2.75) is 59.5 Å². The van der Waals surface area contributed by atoms with Crippen LogP contribution in [0.5, 0.6) is 5.75 Å². The summed E-state index contributed by atoms with van der Waals surface area (Å²) in [5.41, 5.74) is 2.83. The summed E-state index contributed by atoms with van der Waals surface area (Å²) in [4.78, 5) is 27.8. The third-order valence-corrected chi connectivity index (χ3v) is 7.31. The number of amides is 2. The van der Waals surface area contributed by atoms with Crippen LogP contribution in [0.15, 0.2) is 34.8 Å². The van der Waals surface area contributed by atoms with Crippen molar-refractivity contribution < 1.29 is 14.3 Å². The molecule has 1 N–H and O–H groups in total. The first-order valence-corrected chi connectivity index (χ1v) is 12.6. The first-order valence-electron chi connectivity index (χ1n) is 11.1. The fourth-order valence-corrected chi connectivity index (χ4v) is 4.03. The maximum Gasteiger partial charge on any atom is 0.261 e. The molecule has 0 saturated carbocycles. The summed E-state index contributed by atoms with van der Waals surface area (Å²) in [7, 11) is 0. The Morgan fingerprint density at radius 1 is 1.09 bits per heavy atom. The molecule has 33 heavy (non-hydrogen) atoms. The van der Waals surface area contributed by atoms with Crippen LogP contribution >= 0.6 is 39.1 Å². The second-order valence-corrected chi connectivity index (χ2v) is 9.61. The molecule has 5 nitrogen and oxygen atoms in total. The highest BCUT2D eigenvalue weighted by Crippen LogP contribution is 2.27. The van der Waals surface area contributed by atoms with Crippen LogP contribution in [-0.4, -0.2) is 35.9 Å². The van der Waals surface area contributed by atoms with Gasteiger partial charge in [0.2, 0.25) is 5.91 Å². The van der Waals surface area contributed by atoms with Crippen LogP contribution in [-0.2, 0) is 16.1 Å². The summed E-state index contributed by atoms with van der Waals surface area (Å²) in [6.45, 7) is 8.51. The first-order chi connectivity index (χ1) is 15.7. The Kier molecular flexibility index (Phi) is 11.0. The van der Waals surface area contributed by atoms with Gasteiger partial charge in [0.1, 0.15) is 11.8 Å². The van der Waals surface area contributed by atoms with Crippen LogP contribution in [0.25, 0.3) is 0 Å². The van der Waals surface area contributed by atoms with Crippen molar-refractivity contribution in [3.8, 4) is 5.75 Å². The van der Waals surface area contributed by atoms with E-state index >= 15 is 0 Å². The van der Waals surface area contributed by atoms with E-state index in [4.69, 9.17) is 27.9 Å². The number of hydrogen-bond donors (Lipinski definition) is 1. The Balaban J connectivity index is 2.24. The number of ether oxygens (including phenoxy) is 1. The van der Waals surface area contributed by atoms with Crippen LogP contribution in [0.2, 0.25) is 10.0 Å². The molecule has 0 bridgehead atoms. The van der Waals surface area contributed by atoms with Crippen LogP contribution in [0.4, 0.5) is 0 Å². The van der Waals surface area contributed by atoms with Gasteiger partial charge in [-0.3, -0.25) is 9.59 Å². The molecule has 2 aromatic rings. The topological polar surface area (TPSA) is 58.6 Å². The Morgan fingerprint density at radius 2 is 1.76 bits per heavy atom. The van der Waals surface area contributed by atoms with E-state index in [9.17, 15) is 9.59 Å². The predicted octanol–water partition coefficient (Wildman–Crippen LogP) is 6.48. The van der Waals surface area contributed by atoms with Gasteiger partial charge < -0.3 is 15.0 Å². The van der Waals surface area contributed by atoms with E-state index in [2.05, 4.69) is 28.2 Å². The van der Waals surface area contributed by atoms with Gasteiger partial charge >= 0.3 is 0 Å². The number of carbonyl (C=O) groups is 2. The number of nitrogens with one attached hydrogen (secondary N) is 1. The number of benzene rings is 2. The van der Waals surface area contributed by atoms with E-state index in [1.165, 1.54) is 0 Å². The fraction of sp³-hybridized carbons (Fsp3) is 0.440. The minimum absolute atomic E-state index is 0.172. The van der Waals surface area contributed by atoms with E-state index in [0.29, 0.717) is 28.8 Å². The molecule has 0 aliphatic heterocycles. The number of aryl methyl sites for hydroxylation is 2.